The second kappa shape index (κ2) is 4.41. The van der Waals surface area contributed by atoms with Gasteiger partial charge in [0.25, 0.3) is 0 Å². The first-order valence-electron chi connectivity index (χ1n) is 7.27. The molecule has 4 rings (SSSR count). The number of H-pyrrole nitrogens is 1. The van der Waals surface area contributed by atoms with Crippen molar-refractivity contribution in [3.05, 3.63) is 54.6 Å². The third-order valence-corrected chi connectivity index (χ3v) is 4.35. The van der Waals surface area contributed by atoms with Crippen molar-refractivity contribution in [2.24, 2.45) is 0 Å². The van der Waals surface area contributed by atoms with Gasteiger partial charge < -0.3 is 9.88 Å². The zero-order chi connectivity index (χ0) is 13.5. The summed E-state index contributed by atoms with van der Waals surface area (Å²) in [5.74, 6) is 0. The summed E-state index contributed by atoms with van der Waals surface area (Å²) >= 11 is 0. The fraction of sp³-hybridized carbons (Fsp3) is 0.222. The fourth-order valence-electron chi connectivity index (χ4n) is 3.04. The van der Waals surface area contributed by atoms with Crippen molar-refractivity contribution in [1.29, 1.82) is 0 Å². The van der Waals surface area contributed by atoms with Crippen molar-refractivity contribution in [1.82, 2.24) is 4.98 Å². The van der Waals surface area contributed by atoms with E-state index in [1.54, 1.807) is 0 Å². The van der Waals surface area contributed by atoms with Crippen LogP contribution >= 0.6 is 0 Å². The maximum Gasteiger partial charge on any atom is 0.0485 e. The summed E-state index contributed by atoms with van der Waals surface area (Å²) in [6.45, 7) is 3.46. The molecule has 0 bridgehead atoms. The highest BCUT2D eigenvalue weighted by atomic mass is 15.2. The molecule has 1 aromatic heterocycles. The Labute approximate surface area is 119 Å². The van der Waals surface area contributed by atoms with Gasteiger partial charge in [-0.25, -0.2) is 0 Å². The zero-order valence-electron chi connectivity index (χ0n) is 11.6. The van der Waals surface area contributed by atoms with Gasteiger partial charge >= 0.3 is 0 Å². The minimum atomic E-state index is 0.653. The molecule has 2 heteroatoms. The summed E-state index contributed by atoms with van der Waals surface area (Å²) in [6.07, 6.45) is 1.29. The molecule has 1 saturated heterocycles. The molecule has 1 aliphatic heterocycles. The number of rotatable bonds is 2. The minimum Gasteiger partial charge on any atom is -0.368 e. The van der Waals surface area contributed by atoms with E-state index in [4.69, 9.17) is 0 Å². The average molecular weight is 262 g/mol. The SMILES string of the molecule is CC1CCN1c1ccccc1-c1cc2ccccc2[nH]1. The number of aromatic nitrogens is 1. The normalized spacial score (nSPS) is 18.2. The first-order chi connectivity index (χ1) is 9.83. The van der Waals surface area contributed by atoms with E-state index in [0.29, 0.717) is 6.04 Å². The molecule has 0 radical (unpaired) electrons. The molecule has 1 unspecified atom stereocenters. The van der Waals surface area contributed by atoms with Gasteiger partial charge in [0.1, 0.15) is 0 Å². The van der Waals surface area contributed by atoms with Gasteiger partial charge in [0, 0.05) is 40.4 Å². The first kappa shape index (κ1) is 11.6. The Morgan fingerprint density at radius 2 is 1.85 bits per heavy atom. The van der Waals surface area contributed by atoms with Crippen LogP contribution in [0.1, 0.15) is 13.3 Å². The van der Waals surface area contributed by atoms with E-state index in [-0.39, 0.29) is 0 Å². The second-order valence-corrected chi connectivity index (χ2v) is 5.62. The molecule has 1 atom stereocenters. The van der Waals surface area contributed by atoms with Crippen molar-refractivity contribution >= 4 is 16.6 Å². The van der Waals surface area contributed by atoms with E-state index >= 15 is 0 Å². The highest BCUT2D eigenvalue weighted by molar-refractivity contribution is 5.89. The number of anilines is 1. The van der Waals surface area contributed by atoms with Crippen LogP contribution in [0.2, 0.25) is 0 Å². The zero-order valence-corrected chi connectivity index (χ0v) is 11.6. The number of para-hydroxylation sites is 2. The maximum absolute atomic E-state index is 3.54. The van der Waals surface area contributed by atoms with Crippen LogP contribution in [0.3, 0.4) is 0 Å². The van der Waals surface area contributed by atoms with Crippen molar-refractivity contribution in [2.45, 2.75) is 19.4 Å². The molecule has 2 aromatic carbocycles. The highest BCUT2D eigenvalue weighted by Crippen LogP contribution is 2.36. The maximum atomic E-state index is 3.54. The predicted octanol–water partition coefficient (Wildman–Crippen LogP) is 4.43. The molecule has 2 nitrogen and oxygen atoms in total. The Bertz CT molecular complexity index is 724. The molecule has 1 N–H and O–H groups in total. The van der Waals surface area contributed by atoms with Crippen LogP contribution in [0.25, 0.3) is 22.2 Å². The molecule has 1 fully saturated rings. The smallest absolute Gasteiger partial charge is 0.0485 e. The highest BCUT2D eigenvalue weighted by Gasteiger charge is 2.25. The molecular formula is C18H18N2. The Kier molecular flexibility index (Phi) is 2.56. The second-order valence-electron chi connectivity index (χ2n) is 5.62. The van der Waals surface area contributed by atoms with Gasteiger partial charge in [-0.1, -0.05) is 36.4 Å². The lowest BCUT2D eigenvalue weighted by molar-refractivity contribution is 0.482. The standard InChI is InChI=1S/C18H18N2/c1-13-10-11-20(13)18-9-5-3-7-15(18)17-12-14-6-2-4-8-16(14)19-17/h2-9,12-13,19H,10-11H2,1H3. The summed E-state index contributed by atoms with van der Waals surface area (Å²) in [5.41, 5.74) is 5.06. The van der Waals surface area contributed by atoms with Crippen molar-refractivity contribution in [3.63, 3.8) is 0 Å². The Balaban J connectivity index is 1.85. The van der Waals surface area contributed by atoms with Crippen LogP contribution in [0.15, 0.2) is 54.6 Å². The molecule has 20 heavy (non-hydrogen) atoms. The molecule has 2 heterocycles. The van der Waals surface area contributed by atoms with Crippen molar-refractivity contribution in [3.8, 4) is 11.3 Å². The van der Waals surface area contributed by atoms with Crippen LogP contribution < -0.4 is 4.90 Å². The largest absolute Gasteiger partial charge is 0.368 e. The summed E-state index contributed by atoms with van der Waals surface area (Å²) in [6, 6.07) is 20.1. The summed E-state index contributed by atoms with van der Waals surface area (Å²) in [7, 11) is 0. The number of nitrogens with zero attached hydrogens (tertiary/aromatic N) is 1. The van der Waals surface area contributed by atoms with E-state index in [2.05, 4.69) is 71.4 Å². The third-order valence-electron chi connectivity index (χ3n) is 4.35. The van der Waals surface area contributed by atoms with Crippen LogP contribution in [0.5, 0.6) is 0 Å². The Morgan fingerprint density at radius 1 is 1.05 bits per heavy atom. The third kappa shape index (κ3) is 1.72. The molecule has 0 spiro atoms. The van der Waals surface area contributed by atoms with E-state index in [0.717, 1.165) is 0 Å². The molecular weight excluding hydrogens is 244 g/mol. The topological polar surface area (TPSA) is 19.0 Å². The fourth-order valence-corrected chi connectivity index (χ4v) is 3.04. The van der Waals surface area contributed by atoms with Crippen LogP contribution in [0.4, 0.5) is 5.69 Å². The van der Waals surface area contributed by atoms with Crippen LogP contribution in [-0.4, -0.2) is 17.6 Å². The lowest BCUT2D eigenvalue weighted by atomic mass is 10.00. The summed E-state index contributed by atoms with van der Waals surface area (Å²) in [4.78, 5) is 6.03. The Morgan fingerprint density at radius 3 is 2.60 bits per heavy atom. The molecule has 3 aromatic rings. The molecule has 0 amide bonds. The van der Waals surface area contributed by atoms with Gasteiger partial charge in [0.2, 0.25) is 0 Å². The van der Waals surface area contributed by atoms with E-state index < -0.39 is 0 Å². The number of aromatic amines is 1. The van der Waals surface area contributed by atoms with Gasteiger partial charge in [-0.05, 0) is 31.5 Å². The monoisotopic (exact) mass is 262 g/mol. The van der Waals surface area contributed by atoms with E-state index in [1.165, 1.54) is 40.8 Å². The van der Waals surface area contributed by atoms with Crippen LogP contribution in [-0.2, 0) is 0 Å². The first-order valence-corrected chi connectivity index (χ1v) is 7.27. The van der Waals surface area contributed by atoms with Gasteiger partial charge in [0.05, 0.1) is 0 Å². The van der Waals surface area contributed by atoms with Gasteiger partial charge in [0.15, 0.2) is 0 Å². The Hall–Kier alpha value is -2.22. The van der Waals surface area contributed by atoms with Gasteiger partial charge in [-0.15, -0.1) is 0 Å². The summed E-state index contributed by atoms with van der Waals surface area (Å²) < 4.78 is 0. The molecule has 0 saturated carbocycles. The van der Waals surface area contributed by atoms with Gasteiger partial charge in [-0.2, -0.15) is 0 Å². The van der Waals surface area contributed by atoms with Crippen molar-refractivity contribution < 1.29 is 0 Å². The number of benzene rings is 2. The predicted molar refractivity (Wildman–Crippen MR) is 85.2 cm³/mol. The summed E-state index contributed by atoms with van der Waals surface area (Å²) in [5, 5.41) is 1.27. The minimum absolute atomic E-state index is 0.653. The lowest BCUT2D eigenvalue weighted by Gasteiger charge is -2.41. The number of fused-ring (bicyclic) bond motifs is 1. The van der Waals surface area contributed by atoms with Crippen LogP contribution in [0, 0.1) is 0 Å². The van der Waals surface area contributed by atoms with E-state index in [9.17, 15) is 0 Å². The quantitative estimate of drug-likeness (QED) is 0.723. The number of hydrogen-bond acceptors (Lipinski definition) is 1. The molecule has 1 aliphatic rings. The molecule has 100 valence electrons. The lowest BCUT2D eigenvalue weighted by Crippen LogP contribution is -2.45. The van der Waals surface area contributed by atoms with E-state index in [1.807, 2.05) is 0 Å². The number of hydrogen-bond donors (Lipinski definition) is 1. The van der Waals surface area contributed by atoms with Crippen molar-refractivity contribution in [2.75, 3.05) is 11.4 Å². The number of nitrogens with one attached hydrogen (secondary N) is 1. The average Bonchev–Trinajstić information content (AvgIpc) is 2.90. The van der Waals surface area contributed by atoms with Gasteiger partial charge in [-0.3, -0.25) is 0 Å². The molecule has 0 aliphatic carbocycles.